The van der Waals surface area contributed by atoms with Gasteiger partial charge in [-0.05, 0) is 32.4 Å². The summed E-state index contributed by atoms with van der Waals surface area (Å²) in [6, 6.07) is 5.00. The lowest BCUT2D eigenvalue weighted by Crippen LogP contribution is -2.07. The van der Waals surface area contributed by atoms with Crippen LogP contribution in [0.15, 0.2) is 33.7 Å². The van der Waals surface area contributed by atoms with Gasteiger partial charge in [0.25, 0.3) is 0 Å². The van der Waals surface area contributed by atoms with E-state index >= 15 is 0 Å². The molecule has 0 spiro atoms. The number of ether oxygens (including phenoxy) is 1. The van der Waals surface area contributed by atoms with Gasteiger partial charge in [0, 0.05) is 12.1 Å². The topological polar surface area (TPSA) is 39.4 Å². The van der Waals surface area contributed by atoms with E-state index in [1.165, 1.54) is 12.3 Å². The molecule has 0 aliphatic heterocycles. The van der Waals surface area contributed by atoms with E-state index in [0.717, 1.165) is 11.3 Å². The van der Waals surface area contributed by atoms with Crippen molar-refractivity contribution in [1.29, 1.82) is 0 Å². The number of aryl methyl sites for hydroxylation is 1. The highest BCUT2D eigenvalue weighted by Gasteiger charge is 2.07. The van der Waals surface area contributed by atoms with Crippen LogP contribution in [-0.2, 0) is 0 Å². The molecular weight excluding hydrogens is 204 g/mol. The number of hydrogen-bond donors (Lipinski definition) is 0. The maximum Gasteiger partial charge on any atom is 0.192 e. The highest BCUT2D eigenvalue weighted by atomic mass is 16.5. The van der Waals surface area contributed by atoms with Crippen LogP contribution in [0.2, 0.25) is 0 Å². The van der Waals surface area contributed by atoms with Crippen LogP contribution in [0.3, 0.4) is 0 Å². The van der Waals surface area contributed by atoms with Crippen LogP contribution in [0.25, 0.3) is 11.0 Å². The maximum atomic E-state index is 11.6. The van der Waals surface area contributed by atoms with Gasteiger partial charge >= 0.3 is 0 Å². The van der Waals surface area contributed by atoms with Gasteiger partial charge in [0.05, 0.1) is 17.8 Å². The summed E-state index contributed by atoms with van der Waals surface area (Å²) in [5.41, 5.74) is 1.48. The number of benzene rings is 1. The summed E-state index contributed by atoms with van der Waals surface area (Å²) in [6.07, 6.45) is 1.51. The van der Waals surface area contributed by atoms with Gasteiger partial charge < -0.3 is 9.15 Å². The van der Waals surface area contributed by atoms with Crippen molar-refractivity contribution in [2.45, 2.75) is 26.9 Å². The molecule has 0 fully saturated rings. The lowest BCUT2D eigenvalue weighted by molar-refractivity contribution is 0.241. The zero-order chi connectivity index (χ0) is 11.7. The first-order valence-corrected chi connectivity index (χ1v) is 5.27. The second kappa shape index (κ2) is 4.00. The first-order chi connectivity index (χ1) is 7.58. The zero-order valence-electron chi connectivity index (χ0n) is 9.61. The van der Waals surface area contributed by atoms with Gasteiger partial charge in [0.2, 0.25) is 0 Å². The summed E-state index contributed by atoms with van der Waals surface area (Å²) >= 11 is 0. The van der Waals surface area contributed by atoms with E-state index in [9.17, 15) is 4.79 Å². The Labute approximate surface area is 93.7 Å². The molecule has 0 atom stereocenters. The molecule has 0 saturated heterocycles. The maximum absolute atomic E-state index is 11.6. The monoisotopic (exact) mass is 218 g/mol. The molecule has 0 N–H and O–H groups in total. The molecule has 1 heterocycles. The Morgan fingerprint density at radius 3 is 2.75 bits per heavy atom. The van der Waals surface area contributed by atoms with E-state index in [4.69, 9.17) is 9.15 Å². The Morgan fingerprint density at radius 2 is 2.06 bits per heavy atom. The average Bonchev–Trinajstić information content (AvgIpc) is 2.20. The molecule has 0 aliphatic carbocycles. The first-order valence-electron chi connectivity index (χ1n) is 5.27. The normalized spacial score (nSPS) is 11.0. The third kappa shape index (κ3) is 1.94. The summed E-state index contributed by atoms with van der Waals surface area (Å²) in [4.78, 5) is 11.6. The molecule has 1 aromatic heterocycles. The zero-order valence-corrected chi connectivity index (χ0v) is 9.61. The first kappa shape index (κ1) is 10.7. The summed E-state index contributed by atoms with van der Waals surface area (Å²) in [5.74, 6) is 0.761. The highest BCUT2D eigenvalue weighted by Crippen LogP contribution is 2.24. The minimum atomic E-state index is -0.0274. The smallest absolute Gasteiger partial charge is 0.192 e. The van der Waals surface area contributed by atoms with Crippen LogP contribution in [-0.4, -0.2) is 6.10 Å². The van der Waals surface area contributed by atoms with Crippen molar-refractivity contribution in [1.82, 2.24) is 0 Å². The molecule has 0 saturated carbocycles. The minimum Gasteiger partial charge on any atom is -0.491 e. The Balaban J connectivity index is 2.63. The van der Waals surface area contributed by atoms with Gasteiger partial charge in [-0.3, -0.25) is 4.79 Å². The molecule has 0 amide bonds. The van der Waals surface area contributed by atoms with Crippen molar-refractivity contribution < 1.29 is 9.15 Å². The summed E-state index contributed by atoms with van der Waals surface area (Å²) in [6.45, 7) is 5.85. The lowest BCUT2D eigenvalue weighted by atomic mass is 10.1. The standard InChI is InChI=1S/C13H14O3/c1-8(2)16-12-7-13-10(6-9(12)3)11(14)4-5-15-13/h4-8H,1-3H3. The molecule has 3 nitrogen and oxygen atoms in total. The van der Waals surface area contributed by atoms with Crippen molar-refractivity contribution in [3.63, 3.8) is 0 Å². The SMILES string of the molecule is Cc1cc2c(=O)ccoc2cc1OC(C)C. The Hall–Kier alpha value is -1.77. The number of rotatable bonds is 2. The fraction of sp³-hybridized carbons (Fsp3) is 0.308. The summed E-state index contributed by atoms with van der Waals surface area (Å²) in [5, 5.41) is 0.594. The lowest BCUT2D eigenvalue weighted by Gasteiger charge is -2.12. The second-order valence-electron chi connectivity index (χ2n) is 4.07. The predicted molar refractivity (Wildman–Crippen MR) is 63.0 cm³/mol. The molecule has 0 unspecified atom stereocenters. The van der Waals surface area contributed by atoms with Gasteiger partial charge in [-0.2, -0.15) is 0 Å². The molecule has 2 rings (SSSR count). The quantitative estimate of drug-likeness (QED) is 0.778. The van der Waals surface area contributed by atoms with E-state index in [1.807, 2.05) is 20.8 Å². The van der Waals surface area contributed by atoms with Crippen LogP contribution in [0.5, 0.6) is 5.75 Å². The third-order valence-corrected chi connectivity index (χ3v) is 2.32. The van der Waals surface area contributed by atoms with Crippen molar-refractivity contribution in [2.75, 3.05) is 0 Å². The van der Waals surface area contributed by atoms with Crippen LogP contribution < -0.4 is 10.2 Å². The Morgan fingerprint density at radius 1 is 1.31 bits per heavy atom. The van der Waals surface area contributed by atoms with E-state index in [-0.39, 0.29) is 11.5 Å². The van der Waals surface area contributed by atoms with Crippen molar-refractivity contribution in [3.05, 3.63) is 40.2 Å². The Bertz CT molecular complexity index is 567. The number of hydrogen-bond acceptors (Lipinski definition) is 3. The largest absolute Gasteiger partial charge is 0.491 e. The predicted octanol–water partition coefficient (Wildman–Crippen LogP) is 2.89. The minimum absolute atomic E-state index is 0.0274. The van der Waals surface area contributed by atoms with Gasteiger partial charge in [0.1, 0.15) is 11.3 Å². The number of fused-ring (bicyclic) bond motifs is 1. The Kier molecular flexibility index (Phi) is 2.69. The van der Waals surface area contributed by atoms with Gasteiger partial charge in [0.15, 0.2) is 5.43 Å². The highest BCUT2D eigenvalue weighted by molar-refractivity contribution is 5.79. The van der Waals surface area contributed by atoms with Crippen molar-refractivity contribution >= 4 is 11.0 Å². The van der Waals surface area contributed by atoms with Crippen LogP contribution >= 0.6 is 0 Å². The van der Waals surface area contributed by atoms with Crippen molar-refractivity contribution in [2.24, 2.45) is 0 Å². The fourth-order valence-corrected chi connectivity index (χ4v) is 1.60. The van der Waals surface area contributed by atoms with Crippen LogP contribution in [0, 0.1) is 6.92 Å². The van der Waals surface area contributed by atoms with E-state index in [0.29, 0.717) is 11.0 Å². The van der Waals surface area contributed by atoms with Crippen LogP contribution in [0.1, 0.15) is 19.4 Å². The van der Waals surface area contributed by atoms with Gasteiger partial charge in [-0.15, -0.1) is 0 Å². The van der Waals surface area contributed by atoms with E-state index < -0.39 is 0 Å². The molecule has 16 heavy (non-hydrogen) atoms. The molecule has 0 bridgehead atoms. The van der Waals surface area contributed by atoms with Crippen LogP contribution in [0.4, 0.5) is 0 Å². The molecule has 0 aliphatic rings. The molecular formula is C13H14O3. The third-order valence-electron chi connectivity index (χ3n) is 2.32. The van der Waals surface area contributed by atoms with E-state index in [2.05, 4.69) is 0 Å². The molecule has 1 aromatic carbocycles. The fourth-order valence-electron chi connectivity index (χ4n) is 1.60. The molecule has 84 valence electrons. The molecule has 0 radical (unpaired) electrons. The van der Waals surface area contributed by atoms with Gasteiger partial charge in [-0.25, -0.2) is 0 Å². The van der Waals surface area contributed by atoms with E-state index in [1.54, 1.807) is 12.1 Å². The van der Waals surface area contributed by atoms with Crippen molar-refractivity contribution in [3.8, 4) is 5.75 Å². The molecule has 2 aromatic rings. The summed E-state index contributed by atoms with van der Waals surface area (Å²) in [7, 11) is 0. The summed E-state index contributed by atoms with van der Waals surface area (Å²) < 4.78 is 10.9. The molecule has 3 heteroatoms. The second-order valence-corrected chi connectivity index (χ2v) is 4.07. The van der Waals surface area contributed by atoms with Gasteiger partial charge in [-0.1, -0.05) is 0 Å². The average molecular weight is 218 g/mol.